The normalized spacial score (nSPS) is 28.9. The monoisotopic (exact) mass is 1890 g/mol. The Labute approximate surface area is 684 Å². The summed E-state index contributed by atoms with van der Waals surface area (Å²) >= 11 is 38.8. The van der Waals surface area contributed by atoms with Gasteiger partial charge in [-0.25, -0.2) is 0 Å². The highest BCUT2D eigenvalue weighted by Crippen LogP contribution is 2.94. The Bertz CT molecular complexity index is 2340. The summed E-state index contributed by atoms with van der Waals surface area (Å²) in [6, 6.07) is 0. The lowest BCUT2D eigenvalue weighted by atomic mass is 10.2. The van der Waals surface area contributed by atoms with Gasteiger partial charge in [0.2, 0.25) is 0 Å². The minimum absolute atomic E-state index is 0.451. The third-order valence-corrected chi connectivity index (χ3v) is 375. The van der Waals surface area contributed by atoms with E-state index in [1.165, 1.54) is 77.0 Å². The van der Waals surface area contributed by atoms with Crippen LogP contribution in [-0.4, -0.2) is 199 Å². The van der Waals surface area contributed by atoms with Gasteiger partial charge in [0.15, 0.2) is 0 Å². The van der Waals surface area contributed by atoms with E-state index in [2.05, 4.69) is 342 Å². The fourth-order valence-electron chi connectivity index (χ4n) is 35.8. The van der Waals surface area contributed by atoms with Gasteiger partial charge in [0, 0.05) is 143 Å². The maximum atomic E-state index is 9.77. The molecule has 0 unspecified atom stereocenters. The lowest BCUT2D eigenvalue weighted by Gasteiger charge is -2.87. The molecule has 2 nitrogen and oxygen atoms in total. The van der Waals surface area contributed by atoms with Crippen LogP contribution in [0.5, 0.6) is 0 Å². The minimum Gasteiger partial charge on any atom is -0.411 e. The summed E-state index contributed by atoms with van der Waals surface area (Å²) in [5.41, 5.74) is 0. The van der Waals surface area contributed by atoms with E-state index in [9.17, 15) is 44.3 Å². The maximum Gasteiger partial charge on any atom is 0.254 e. The van der Waals surface area contributed by atoms with Crippen molar-refractivity contribution in [2.24, 2.45) is 0 Å². The van der Waals surface area contributed by atoms with Gasteiger partial charge in [-0.2, -0.15) is 22.2 Å². The first kappa shape index (κ1) is 101. The zero-order valence-corrected chi connectivity index (χ0v) is 106. The Kier molecular flexibility index (Phi) is 28.1. The van der Waals surface area contributed by atoms with Crippen LogP contribution in [-0.2, 0) is 8.85 Å². The molecule has 0 amide bonds. The van der Waals surface area contributed by atoms with Gasteiger partial charge in [-0.05, 0) is 34.3 Å². The maximum absolute atomic E-state index is 9.77. The SMILES string of the molecule is CCCCCC.CO[Si]1(Cl)[Si]2([SiH](Cl)[Si]13C([Si](C)(C)C)([Si](C)(C)C)CCC3([Si](C)(C)C)[Si](C)(C)C)C([Si](C)(C)C)([Si](C)(C)C)CCC2([Si](C)(C)C)[Si](C)(C)C.CO[Si]1(Cl)[Si]2([SiH](Cl)[Si]13C([Si](C)(C)C)([Si](C)(C)C)CCC3([Si](C)(C)C)[Si](C)(C)C)C([Si](C)(C)C)([Si](C)(C)C)CCC2([Si](C)(C)C)[Si](C)(C)C. The van der Waals surface area contributed by atoms with E-state index in [-0.39, 0.29) is 0 Å². The van der Waals surface area contributed by atoms with E-state index in [1.807, 2.05) is 0 Å². The van der Waals surface area contributed by atoms with E-state index >= 15 is 0 Å². The van der Waals surface area contributed by atoms with E-state index in [0.717, 1.165) is 0 Å². The smallest absolute Gasteiger partial charge is 0.254 e. The van der Waals surface area contributed by atoms with Gasteiger partial charge in [-0.1, -0.05) is 405 Å². The molecular formula is C72H182Cl4O2Si24. The van der Waals surface area contributed by atoms with Crippen molar-refractivity contribution in [3.8, 4) is 0 Å². The zero-order valence-electron chi connectivity index (χ0n) is 79.0. The number of hydrogen-bond acceptors (Lipinski definition) is 2. The molecule has 0 aromatic rings. The van der Waals surface area contributed by atoms with Crippen molar-refractivity contribution in [1.29, 1.82) is 0 Å². The molecule has 606 valence electrons. The molecule has 6 fully saturated rings. The largest absolute Gasteiger partial charge is 0.411 e. The third-order valence-electron chi connectivity index (χ3n) is 34.4. The van der Waals surface area contributed by atoms with Crippen LogP contribution in [0.4, 0.5) is 0 Å². The van der Waals surface area contributed by atoms with Gasteiger partial charge in [0.25, 0.3) is 13.3 Å². The van der Waals surface area contributed by atoms with Gasteiger partial charge in [0.05, 0.1) is 0 Å². The van der Waals surface area contributed by atoms with Crippen molar-refractivity contribution in [3.63, 3.8) is 0 Å². The highest BCUT2D eigenvalue weighted by molar-refractivity contribution is 8.26. The molecule has 0 radical (unpaired) electrons. The van der Waals surface area contributed by atoms with Crippen LogP contribution < -0.4 is 0 Å². The van der Waals surface area contributed by atoms with Gasteiger partial charge in [0.1, 0.15) is 42.7 Å². The fourth-order valence-corrected chi connectivity index (χ4v) is 713. The Morgan fingerprint density at radius 1 is 0.225 bits per heavy atom. The minimum atomic E-state index is -2.93. The Balaban J connectivity index is 0.000000400. The van der Waals surface area contributed by atoms with E-state index in [4.69, 9.17) is 8.85 Å². The van der Waals surface area contributed by atoms with Crippen molar-refractivity contribution in [2.45, 2.75) is 439 Å². The summed E-state index contributed by atoms with van der Waals surface area (Å²) in [6.45, 7) is 135. The second kappa shape index (κ2) is 28.5. The topological polar surface area (TPSA) is 18.5 Å². The first-order valence-electron chi connectivity index (χ1n) is 41.9. The lowest BCUT2D eigenvalue weighted by Crippen LogP contribution is -3.12. The zero-order chi connectivity index (χ0) is 82.1. The van der Waals surface area contributed by atoms with Crippen LogP contribution in [0.2, 0.25) is 349 Å². The van der Waals surface area contributed by atoms with Crippen LogP contribution in [0.3, 0.4) is 0 Å². The van der Waals surface area contributed by atoms with Gasteiger partial charge < -0.3 is 8.85 Å². The highest BCUT2D eigenvalue weighted by Gasteiger charge is 3.09. The molecule has 0 aliphatic carbocycles. The summed E-state index contributed by atoms with van der Waals surface area (Å²) in [4.78, 5) is 0. The predicted octanol–water partition coefficient (Wildman–Crippen LogP) is 28.7. The second-order valence-corrected chi connectivity index (χ2v) is 231. The number of rotatable bonds is 21. The molecular weight excluding hydrogens is 1710 g/mol. The van der Waals surface area contributed by atoms with Crippen molar-refractivity contribution in [1.82, 2.24) is 0 Å². The molecule has 6 saturated heterocycles. The quantitative estimate of drug-likeness (QED) is 0.0648. The third kappa shape index (κ3) is 11.6. The van der Waals surface area contributed by atoms with E-state index in [0.29, 0.717) is 34.3 Å². The highest BCUT2D eigenvalue weighted by atomic mass is 35.6. The molecule has 4 spiro atoms. The average Bonchev–Trinajstić information content (AvgIpc) is 1.29. The Morgan fingerprint density at radius 2 is 0.314 bits per heavy atom. The molecule has 0 N–H and O–H groups in total. The summed E-state index contributed by atoms with van der Waals surface area (Å²) < 4.78 is 19.7. The van der Waals surface area contributed by atoms with Crippen LogP contribution >= 0.6 is 44.3 Å². The van der Waals surface area contributed by atoms with Crippen molar-refractivity contribution >= 4 is 230 Å². The molecule has 0 aromatic heterocycles. The molecule has 6 aliphatic rings. The summed E-state index contributed by atoms with van der Waals surface area (Å²) in [5.74, 6) is 0. The van der Waals surface area contributed by atoms with Crippen molar-refractivity contribution in [2.75, 3.05) is 14.2 Å². The van der Waals surface area contributed by atoms with Crippen molar-refractivity contribution in [3.05, 3.63) is 0 Å². The first-order chi connectivity index (χ1) is 44.2. The van der Waals surface area contributed by atoms with Gasteiger partial charge in [-0.15, -0.1) is 22.2 Å². The molecule has 102 heavy (non-hydrogen) atoms. The van der Waals surface area contributed by atoms with E-state index < -0.39 is 185 Å². The number of halogens is 4. The molecule has 0 bridgehead atoms. The van der Waals surface area contributed by atoms with Gasteiger partial charge in [-0.3, -0.25) is 0 Å². The Hall–Kier alpha value is 6.29. The van der Waals surface area contributed by atoms with Crippen LogP contribution in [0.15, 0.2) is 0 Å². The number of unbranched alkanes of at least 4 members (excludes halogenated alkanes) is 3. The van der Waals surface area contributed by atoms with Crippen LogP contribution in [0.25, 0.3) is 0 Å². The molecule has 6 heterocycles. The van der Waals surface area contributed by atoms with Crippen molar-refractivity contribution < 1.29 is 8.85 Å². The van der Waals surface area contributed by atoms with Crippen LogP contribution in [0, 0.1) is 0 Å². The average molecular weight is 1900 g/mol. The lowest BCUT2D eigenvalue weighted by molar-refractivity contribution is 0.435. The van der Waals surface area contributed by atoms with E-state index in [1.54, 1.807) is 0 Å². The fraction of sp³-hybridized carbons (Fsp3) is 1.00. The predicted molar refractivity (Wildman–Crippen MR) is 548 cm³/mol. The summed E-state index contributed by atoms with van der Waals surface area (Å²) in [7, 11) is -38.1. The van der Waals surface area contributed by atoms with Crippen LogP contribution in [0.1, 0.15) is 90.9 Å². The Morgan fingerprint density at radius 3 is 0.373 bits per heavy atom. The second-order valence-electron chi connectivity index (χ2n) is 52.5. The first-order valence-corrected chi connectivity index (χ1v) is 127. The molecule has 6 rings (SSSR count). The molecule has 6 aliphatic heterocycles. The summed E-state index contributed by atoms with van der Waals surface area (Å²) in [6.07, 6.45) is 17.2. The standard InChI is InChI=1S/2C33H84Cl2OSi12.C6H14/c2*1-36-48(35)46(30(38(2,3)4,39(5,6)7)26-27-31(46,40(8,9)10)41(11,12)13)37(34)47(48)32(42(14,15)16,43(17,18)19)28-29-33(47,44(20,21)22)45(23,24)25;1-3-5-6-4-2/h2*37H,26-29H2,1-25H3;3-6H2,1-2H3. The summed E-state index contributed by atoms with van der Waals surface area (Å²) in [5, 5.41) is 0. The molecule has 0 saturated carbocycles. The molecule has 30 heteroatoms. The molecule has 0 atom stereocenters. The number of hydrogen-bond donors (Lipinski definition) is 0. The van der Waals surface area contributed by atoms with Gasteiger partial charge >= 0.3 is 0 Å². The molecule has 0 aromatic carbocycles.